The minimum absolute atomic E-state index is 0.843. The van der Waals surface area contributed by atoms with Gasteiger partial charge in [0.15, 0.2) is 0 Å². The van der Waals surface area contributed by atoms with E-state index in [1.807, 2.05) is 0 Å². The van der Waals surface area contributed by atoms with Crippen LogP contribution >= 0.6 is 0 Å². The van der Waals surface area contributed by atoms with Crippen LogP contribution in [0.25, 0.3) is 11.1 Å². The van der Waals surface area contributed by atoms with Crippen molar-refractivity contribution in [1.82, 2.24) is 9.80 Å². The molecule has 3 fully saturated rings. The molecule has 2 aromatic rings. The minimum atomic E-state index is 0.843. The van der Waals surface area contributed by atoms with Crippen molar-refractivity contribution in [3.8, 4) is 11.1 Å². The lowest BCUT2D eigenvalue weighted by Gasteiger charge is -2.41. The first-order chi connectivity index (χ1) is 17.8. The summed E-state index contributed by atoms with van der Waals surface area (Å²) in [6.07, 6.45) is 15.0. The zero-order valence-corrected chi connectivity index (χ0v) is 22.3. The molecule has 0 unspecified atom stereocenters. The van der Waals surface area contributed by atoms with E-state index in [9.17, 15) is 0 Å². The van der Waals surface area contributed by atoms with E-state index in [2.05, 4.69) is 56.4 Å². The second kappa shape index (κ2) is 11.6. The SMILES string of the molecule is c1cc2c(cc1-c1ccc(N3CCN(C4CCCCC4)CC3)cc1NCCN1CCCC1)CCCC2. The summed E-state index contributed by atoms with van der Waals surface area (Å²) in [7, 11) is 0. The fourth-order valence-corrected chi connectivity index (χ4v) is 7.17. The average molecular weight is 487 g/mol. The standard InChI is InChI=1S/C32H46N4/c1-2-10-29(11-3-1)35-20-22-36(23-21-35)30-14-15-31(28-13-12-26-8-4-5-9-27(26)24-28)32(25-30)33-16-19-34-17-6-7-18-34/h12-15,24-25,29,33H,1-11,16-23H2. The first-order valence-electron chi connectivity index (χ1n) is 15.0. The van der Waals surface area contributed by atoms with Crippen molar-refractivity contribution >= 4 is 11.4 Å². The summed E-state index contributed by atoms with van der Waals surface area (Å²) in [5, 5.41) is 3.88. The molecule has 0 amide bonds. The molecule has 0 spiro atoms. The Morgan fingerprint density at radius 1 is 0.694 bits per heavy atom. The average Bonchev–Trinajstić information content (AvgIpc) is 3.47. The Morgan fingerprint density at radius 2 is 1.47 bits per heavy atom. The van der Waals surface area contributed by atoms with Gasteiger partial charge in [0.05, 0.1) is 0 Å². The lowest BCUT2D eigenvalue weighted by atomic mass is 9.89. The Balaban J connectivity index is 1.19. The maximum absolute atomic E-state index is 3.88. The van der Waals surface area contributed by atoms with Gasteiger partial charge in [0.25, 0.3) is 0 Å². The molecule has 0 atom stereocenters. The van der Waals surface area contributed by atoms with E-state index in [0.717, 1.165) is 32.2 Å². The molecule has 1 N–H and O–H groups in total. The van der Waals surface area contributed by atoms with Crippen LogP contribution in [0.2, 0.25) is 0 Å². The second-order valence-corrected chi connectivity index (χ2v) is 11.7. The maximum atomic E-state index is 3.88. The molecule has 2 saturated heterocycles. The highest BCUT2D eigenvalue weighted by molar-refractivity contribution is 5.81. The predicted octanol–water partition coefficient (Wildman–Crippen LogP) is 6.19. The van der Waals surface area contributed by atoms with E-state index in [0.29, 0.717) is 0 Å². The van der Waals surface area contributed by atoms with E-state index >= 15 is 0 Å². The van der Waals surface area contributed by atoms with Crippen molar-refractivity contribution in [3.63, 3.8) is 0 Å². The number of anilines is 2. The third-order valence-corrected chi connectivity index (χ3v) is 9.38. The third kappa shape index (κ3) is 5.60. The summed E-state index contributed by atoms with van der Waals surface area (Å²) >= 11 is 0. The quantitative estimate of drug-likeness (QED) is 0.503. The van der Waals surface area contributed by atoms with Gasteiger partial charge in [0.1, 0.15) is 0 Å². The molecule has 1 saturated carbocycles. The van der Waals surface area contributed by atoms with Crippen LogP contribution in [-0.2, 0) is 12.8 Å². The van der Waals surface area contributed by atoms with Crippen molar-refractivity contribution in [2.75, 3.05) is 62.6 Å². The second-order valence-electron chi connectivity index (χ2n) is 11.7. The topological polar surface area (TPSA) is 21.8 Å². The number of hydrogen-bond acceptors (Lipinski definition) is 4. The van der Waals surface area contributed by atoms with Gasteiger partial charge in [-0.05, 0) is 93.3 Å². The minimum Gasteiger partial charge on any atom is -0.383 e. The summed E-state index contributed by atoms with van der Waals surface area (Å²) < 4.78 is 0. The number of likely N-dealkylation sites (tertiary alicyclic amines) is 1. The van der Waals surface area contributed by atoms with Crippen molar-refractivity contribution in [3.05, 3.63) is 47.5 Å². The highest BCUT2D eigenvalue weighted by atomic mass is 15.3. The van der Waals surface area contributed by atoms with Gasteiger partial charge in [-0.3, -0.25) is 4.90 Å². The van der Waals surface area contributed by atoms with Gasteiger partial charge in [-0.1, -0.05) is 43.5 Å². The van der Waals surface area contributed by atoms with Gasteiger partial charge in [0, 0.05) is 62.2 Å². The van der Waals surface area contributed by atoms with Gasteiger partial charge in [-0.15, -0.1) is 0 Å². The number of benzene rings is 2. The number of fused-ring (bicyclic) bond motifs is 1. The lowest BCUT2D eigenvalue weighted by Crippen LogP contribution is -2.50. The number of rotatable bonds is 7. The van der Waals surface area contributed by atoms with E-state index in [4.69, 9.17) is 0 Å². The summed E-state index contributed by atoms with van der Waals surface area (Å²) in [5.74, 6) is 0. The fraction of sp³-hybridized carbons (Fsp3) is 0.625. The number of nitrogens with one attached hydrogen (secondary N) is 1. The summed E-state index contributed by atoms with van der Waals surface area (Å²) in [4.78, 5) is 8.02. The molecule has 4 heteroatoms. The summed E-state index contributed by atoms with van der Waals surface area (Å²) in [6.45, 7) is 9.45. The number of hydrogen-bond donors (Lipinski definition) is 1. The zero-order valence-electron chi connectivity index (χ0n) is 22.3. The van der Waals surface area contributed by atoms with Crippen LogP contribution in [0.1, 0.15) is 68.9 Å². The highest BCUT2D eigenvalue weighted by Crippen LogP contribution is 2.35. The molecule has 2 aliphatic carbocycles. The highest BCUT2D eigenvalue weighted by Gasteiger charge is 2.25. The first kappa shape index (κ1) is 24.3. The predicted molar refractivity (Wildman–Crippen MR) is 153 cm³/mol. The Bertz CT molecular complexity index is 997. The van der Waals surface area contributed by atoms with Crippen LogP contribution < -0.4 is 10.2 Å². The van der Waals surface area contributed by atoms with Crippen LogP contribution in [-0.4, -0.2) is 68.2 Å². The number of piperazine rings is 1. The Morgan fingerprint density at radius 3 is 2.28 bits per heavy atom. The molecule has 0 radical (unpaired) electrons. The molecule has 36 heavy (non-hydrogen) atoms. The number of nitrogens with zero attached hydrogens (tertiary/aromatic N) is 3. The van der Waals surface area contributed by atoms with Crippen LogP contribution in [0, 0.1) is 0 Å². The van der Waals surface area contributed by atoms with Crippen LogP contribution in [0.4, 0.5) is 11.4 Å². The Labute approximate surface area is 219 Å². The lowest BCUT2D eigenvalue weighted by molar-refractivity contribution is 0.148. The monoisotopic (exact) mass is 486 g/mol. The van der Waals surface area contributed by atoms with E-state index in [1.165, 1.54) is 119 Å². The van der Waals surface area contributed by atoms with Gasteiger partial charge in [-0.2, -0.15) is 0 Å². The molecule has 0 bridgehead atoms. The molecule has 0 aromatic heterocycles. The summed E-state index contributed by atoms with van der Waals surface area (Å²) in [6, 6.07) is 15.3. The molecule has 2 aliphatic heterocycles. The molecule has 2 aromatic carbocycles. The third-order valence-electron chi connectivity index (χ3n) is 9.38. The molecule has 2 heterocycles. The molecular weight excluding hydrogens is 440 g/mol. The first-order valence-corrected chi connectivity index (χ1v) is 15.0. The normalized spacial score (nSPS) is 22.1. The summed E-state index contributed by atoms with van der Waals surface area (Å²) in [5.41, 5.74) is 8.61. The van der Waals surface area contributed by atoms with Gasteiger partial charge in [0.2, 0.25) is 0 Å². The van der Waals surface area contributed by atoms with E-state index in [-0.39, 0.29) is 0 Å². The van der Waals surface area contributed by atoms with Gasteiger partial charge < -0.3 is 15.1 Å². The molecule has 4 aliphatic rings. The maximum Gasteiger partial charge on any atom is 0.0441 e. The van der Waals surface area contributed by atoms with Crippen molar-refractivity contribution < 1.29 is 0 Å². The molecule has 194 valence electrons. The van der Waals surface area contributed by atoms with Crippen molar-refractivity contribution in [1.29, 1.82) is 0 Å². The largest absolute Gasteiger partial charge is 0.383 e. The van der Waals surface area contributed by atoms with Crippen LogP contribution in [0.3, 0.4) is 0 Å². The van der Waals surface area contributed by atoms with E-state index < -0.39 is 0 Å². The van der Waals surface area contributed by atoms with Crippen LogP contribution in [0.5, 0.6) is 0 Å². The smallest absolute Gasteiger partial charge is 0.0441 e. The van der Waals surface area contributed by atoms with Gasteiger partial charge in [-0.25, -0.2) is 0 Å². The number of aryl methyl sites for hydroxylation is 2. The van der Waals surface area contributed by atoms with E-state index in [1.54, 1.807) is 11.1 Å². The van der Waals surface area contributed by atoms with Gasteiger partial charge >= 0.3 is 0 Å². The molecule has 6 rings (SSSR count). The Kier molecular flexibility index (Phi) is 7.81. The molecule has 4 nitrogen and oxygen atoms in total. The van der Waals surface area contributed by atoms with Crippen molar-refractivity contribution in [2.24, 2.45) is 0 Å². The molecular formula is C32H46N4. The zero-order chi connectivity index (χ0) is 24.2. The van der Waals surface area contributed by atoms with Crippen molar-refractivity contribution in [2.45, 2.75) is 76.7 Å². The van der Waals surface area contributed by atoms with Crippen LogP contribution in [0.15, 0.2) is 36.4 Å². The Hall–Kier alpha value is -2.04. The fourth-order valence-electron chi connectivity index (χ4n) is 7.17.